The Balaban J connectivity index is 1.77. The smallest absolute Gasteiger partial charge is 0.271 e. The number of halogens is 1. The molecule has 5 nitrogen and oxygen atoms in total. The number of carbonyl (C=O) groups excluding carboxylic acids is 2. The van der Waals surface area contributed by atoms with E-state index in [1.165, 1.54) is 0 Å². The summed E-state index contributed by atoms with van der Waals surface area (Å²) in [5.74, 6) is -0.0620. The van der Waals surface area contributed by atoms with Crippen molar-refractivity contribution in [1.82, 2.24) is 10.9 Å². The number of aryl methyl sites for hydroxylation is 2. The van der Waals surface area contributed by atoms with Gasteiger partial charge in [-0.2, -0.15) is 0 Å². The molecular weight excluding hydrogens is 328 g/mol. The van der Waals surface area contributed by atoms with E-state index in [1.807, 2.05) is 32.0 Å². The number of benzene rings is 2. The number of hydrazine groups is 1. The molecule has 126 valence electrons. The van der Waals surface area contributed by atoms with Gasteiger partial charge in [-0.3, -0.25) is 20.4 Å². The highest BCUT2D eigenvalue weighted by Gasteiger charge is 2.10. The predicted octanol–water partition coefficient (Wildman–Crippen LogP) is 3.19. The van der Waals surface area contributed by atoms with Crippen LogP contribution in [0.25, 0.3) is 0 Å². The Kier molecular flexibility index (Phi) is 6.21. The molecular formula is C18H19ClN2O3. The van der Waals surface area contributed by atoms with Gasteiger partial charge in [0.2, 0.25) is 5.91 Å². The maximum atomic E-state index is 11.9. The minimum atomic E-state index is -0.468. The minimum Gasteiger partial charge on any atom is -0.493 e. The summed E-state index contributed by atoms with van der Waals surface area (Å²) in [7, 11) is 0. The molecule has 0 saturated carbocycles. The summed E-state index contributed by atoms with van der Waals surface area (Å²) in [5, 5.41) is 0.322. The van der Waals surface area contributed by atoms with Crippen LogP contribution in [0, 0.1) is 13.8 Å². The fourth-order valence-corrected chi connectivity index (χ4v) is 2.24. The van der Waals surface area contributed by atoms with Crippen molar-refractivity contribution in [2.45, 2.75) is 20.3 Å². The van der Waals surface area contributed by atoms with E-state index in [0.29, 0.717) is 10.6 Å². The van der Waals surface area contributed by atoms with E-state index in [9.17, 15) is 9.59 Å². The molecule has 6 heteroatoms. The van der Waals surface area contributed by atoms with Gasteiger partial charge < -0.3 is 4.74 Å². The molecule has 0 bridgehead atoms. The molecule has 0 fully saturated rings. The Hall–Kier alpha value is -2.53. The van der Waals surface area contributed by atoms with Crippen molar-refractivity contribution in [2.75, 3.05) is 6.61 Å². The second kappa shape index (κ2) is 8.36. The summed E-state index contributed by atoms with van der Waals surface area (Å²) in [6, 6.07) is 12.5. The summed E-state index contributed by atoms with van der Waals surface area (Å²) >= 11 is 5.92. The number of ether oxygens (including phenoxy) is 1. The van der Waals surface area contributed by atoms with Crippen LogP contribution < -0.4 is 15.6 Å². The maximum Gasteiger partial charge on any atom is 0.271 e. The first kappa shape index (κ1) is 17.8. The molecule has 0 radical (unpaired) electrons. The molecule has 2 aromatic carbocycles. The van der Waals surface area contributed by atoms with Gasteiger partial charge in [0.05, 0.1) is 23.6 Å². The number of amides is 2. The summed E-state index contributed by atoms with van der Waals surface area (Å²) in [6.07, 6.45) is 0.121. The minimum absolute atomic E-state index is 0.121. The van der Waals surface area contributed by atoms with E-state index < -0.39 is 5.91 Å². The van der Waals surface area contributed by atoms with Crippen LogP contribution in [0.15, 0.2) is 42.5 Å². The predicted molar refractivity (Wildman–Crippen MR) is 93.1 cm³/mol. The lowest BCUT2D eigenvalue weighted by molar-refractivity contribution is -0.122. The molecule has 0 aliphatic rings. The first-order chi connectivity index (χ1) is 11.5. The van der Waals surface area contributed by atoms with Crippen LogP contribution in [0.1, 0.15) is 27.9 Å². The van der Waals surface area contributed by atoms with Crippen LogP contribution in [0.3, 0.4) is 0 Å². The lowest BCUT2D eigenvalue weighted by Gasteiger charge is -2.11. The Bertz CT molecular complexity index is 747. The fourth-order valence-electron chi connectivity index (χ4n) is 2.02. The van der Waals surface area contributed by atoms with Crippen LogP contribution in [-0.2, 0) is 4.79 Å². The van der Waals surface area contributed by atoms with Crippen LogP contribution in [0.2, 0.25) is 5.02 Å². The van der Waals surface area contributed by atoms with Gasteiger partial charge in [-0.25, -0.2) is 0 Å². The second-order valence-electron chi connectivity index (χ2n) is 5.35. The van der Waals surface area contributed by atoms with E-state index in [-0.39, 0.29) is 18.9 Å². The highest BCUT2D eigenvalue weighted by Crippen LogP contribution is 2.19. The van der Waals surface area contributed by atoms with Gasteiger partial charge in [-0.05, 0) is 43.2 Å². The van der Waals surface area contributed by atoms with Crippen molar-refractivity contribution in [3.8, 4) is 5.75 Å². The zero-order chi connectivity index (χ0) is 17.5. The molecule has 0 aliphatic heterocycles. The van der Waals surface area contributed by atoms with Crippen LogP contribution in [0.4, 0.5) is 0 Å². The van der Waals surface area contributed by atoms with Gasteiger partial charge >= 0.3 is 0 Å². The third-order valence-electron chi connectivity index (χ3n) is 3.36. The molecule has 2 amide bonds. The highest BCUT2D eigenvalue weighted by molar-refractivity contribution is 6.33. The Morgan fingerprint density at radius 1 is 1.08 bits per heavy atom. The number of hydrogen-bond donors (Lipinski definition) is 2. The van der Waals surface area contributed by atoms with Gasteiger partial charge in [0.15, 0.2) is 0 Å². The molecule has 24 heavy (non-hydrogen) atoms. The average molecular weight is 347 g/mol. The van der Waals surface area contributed by atoms with Crippen LogP contribution in [0.5, 0.6) is 5.75 Å². The zero-order valence-electron chi connectivity index (χ0n) is 13.6. The van der Waals surface area contributed by atoms with Crippen molar-refractivity contribution in [3.63, 3.8) is 0 Å². The summed E-state index contributed by atoms with van der Waals surface area (Å²) < 4.78 is 5.60. The number of carbonyl (C=O) groups is 2. The first-order valence-corrected chi connectivity index (χ1v) is 7.89. The summed E-state index contributed by atoms with van der Waals surface area (Å²) in [6.45, 7) is 4.14. The summed E-state index contributed by atoms with van der Waals surface area (Å²) in [4.78, 5) is 23.7. The van der Waals surface area contributed by atoms with Gasteiger partial charge in [0, 0.05) is 0 Å². The number of rotatable bonds is 5. The van der Waals surface area contributed by atoms with Gasteiger partial charge in [0.1, 0.15) is 5.75 Å². The lowest BCUT2D eigenvalue weighted by atomic mass is 10.1. The van der Waals surface area contributed by atoms with Gasteiger partial charge in [-0.15, -0.1) is 0 Å². The molecule has 0 heterocycles. The quantitative estimate of drug-likeness (QED) is 0.817. The Labute approximate surface area is 145 Å². The highest BCUT2D eigenvalue weighted by atomic mass is 35.5. The first-order valence-electron chi connectivity index (χ1n) is 7.51. The number of nitrogens with one attached hydrogen (secondary N) is 2. The second-order valence-corrected chi connectivity index (χ2v) is 5.76. The molecule has 0 unspecified atom stereocenters. The van der Waals surface area contributed by atoms with Crippen molar-refractivity contribution in [2.24, 2.45) is 0 Å². The van der Waals surface area contributed by atoms with Crippen molar-refractivity contribution < 1.29 is 14.3 Å². The third-order valence-corrected chi connectivity index (χ3v) is 3.69. The molecule has 2 aromatic rings. The van der Waals surface area contributed by atoms with Crippen molar-refractivity contribution in [1.29, 1.82) is 0 Å². The maximum absolute atomic E-state index is 11.9. The molecule has 0 aromatic heterocycles. The molecule has 0 atom stereocenters. The van der Waals surface area contributed by atoms with Gasteiger partial charge in [-0.1, -0.05) is 35.9 Å². The van der Waals surface area contributed by atoms with E-state index in [0.717, 1.165) is 16.9 Å². The fraction of sp³-hybridized carbons (Fsp3) is 0.222. The van der Waals surface area contributed by atoms with E-state index >= 15 is 0 Å². The largest absolute Gasteiger partial charge is 0.493 e. The molecule has 2 N–H and O–H groups in total. The molecule has 0 saturated heterocycles. The summed E-state index contributed by atoms with van der Waals surface area (Å²) in [5.41, 5.74) is 7.07. The van der Waals surface area contributed by atoms with Crippen molar-refractivity contribution >= 4 is 23.4 Å². The molecule has 0 spiro atoms. The monoisotopic (exact) mass is 346 g/mol. The van der Waals surface area contributed by atoms with E-state index in [1.54, 1.807) is 24.3 Å². The third kappa shape index (κ3) is 4.99. The Morgan fingerprint density at radius 3 is 2.58 bits per heavy atom. The van der Waals surface area contributed by atoms with Crippen LogP contribution >= 0.6 is 11.6 Å². The Morgan fingerprint density at radius 2 is 1.83 bits per heavy atom. The molecule has 2 rings (SSSR count). The zero-order valence-corrected chi connectivity index (χ0v) is 14.3. The van der Waals surface area contributed by atoms with Gasteiger partial charge in [0.25, 0.3) is 5.91 Å². The van der Waals surface area contributed by atoms with Crippen molar-refractivity contribution in [3.05, 3.63) is 64.2 Å². The number of hydrogen-bond acceptors (Lipinski definition) is 3. The van der Waals surface area contributed by atoms with Crippen LogP contribution in [-0.4, -0.2) is 18.4 Å². The average Bonchev–Trinajstić information content (AvgIpc) is 2.56. The molecule has 0 aliphatic carbocycles. The topological polar surface area (TPSA) is 67.4 Å². The lowest BCUT2D eigenvalue weighted by Crippen LogP contribution is -2.42. The van der Waals surface area contributed by atoms with E-state index in [4.69, 9.17) is 16.3 Å². The normalized spacial score (nSPS) is 10.1. The SMILES string of the molecule is Cc1ccc(C)c(OCCC(=O)NNC(=O)c2ccccc2Cl)c1. The van der Waals surface area contributed by atoms with E-state index in [2.05, 4.69) is 10.9 Å². The standard InChI is InChI=1S/C18H19ClN2O3/c1-12-7-8-13(2)16(11-12)24-10-9-17(22)20-21-18(23)14-5-3-4-6-15(14)19/h3-8,11H,9-10H2,1-2H3,(H,20,22)(H,21,23).